The summed E-state index contributed by atoms with van der Waals surface area (Å²) in [5.41, 5.74) is 6.68. The van der Waals surface area contributed by atoms with Gasteiger partial charge in [0.25, 0.3) is 0 Å². The molecule has 1 unspecified atom stereocenters. The van der Waals surface area contributed by atoms with Gasteiger partial charge >= 0.3 is 0 Å². The fourth-order valence-electron chi connectivity index (χ4n) is 4.31. The minimum atomic E-state index is 0.456. The third-order valence-corrected chi connectivity index (χ3v) is 5.92. The van der Waals surface area contributed by atoms with Crippen LogP contribution in [0.2, 0.25) is 0 Å². The number of benzene rings is 2. The summed E-state index contributed by atoms with van der Waals surface area (Å²) < 4.78 is 0. The zero-order chi connectivity index (χ0) is 20.3. The maximum Gasteiger partial charge on any atom is 0.111 e. The quantitative estimate of drug-likeness (QED) is 0.490. The van der Waals surface area contributed by atoms with Crippen molar-refractivity contribution in [3.8, 4) is 22.5 Å². The van der Waals surface area contributed by atoms with E-state index in [2.05, 4.69) is 76.4 Å². The van der Waals surface area contributed by atoms with Crippen molar-refractivity contribution in [2.75, 3.05) is 13.1 Å². The summed E-state index contributed by atoms with van der Waals surface area (Å²) in [5, 5.41) is 0. The van der Waals surface area contributed by atoms with Crippen LogP contribution in [0.15, 0.2) is 79.0 Å². The number of nitrogens with one attached hydrogen (secondary N) is 1. The molecule has 30 heavy (non-hydrogen) atoms. The predicted octanol–water partition coefficient (Wildman–Crippen LogP) is 5.44. The third kappa shape index (κ3) is 3.91. The van der Waals surface area contributed by atoms with Crippen molar-refractivity contribution in [2.24, 2.45) is 0 Å². The van der Waals surface area contributed by atoms with Crippen LogP contribution in [-0.4, -0.2) is 32.9 Å². The molecular formula is C26H26N4. The van der Waals surface area contributed by atoms with Crippen molar-refractivity contribution in [1.82, 2.24) is 19.9 Å². The number of nitrogens with zero attached hydrogens (tertiary/aromatic N) is 3. The van der Waals surface area contributed by atoms with Gasteiger partial charge in [-0.25, -0.2) is 4.98 Å². The van der Waals surface area contributed by atoms with Gasteiger partial charge < -0.3 is 4.98 Å². The van der Waals surface area contributed by atoms with Crippen molar-refractivity contribution in [1.29, 1.82) is 0 Å². The van der Waals surface area contributed by atoms with Crippen LogP contribution >= 0.6 is 0 Å². The van der Waals surface area contributed by atoms with Gasteiger partial charge in [-0.1, -0.05) is 60.7 Å². The second kappa shape index (κ2) is 8.25. The van der Waals surface area contributed by atoms with Crippen LogP contribution in [0.5, 0.6) is 0 Å². The number of likely N-dealkylation sites (tertiary alicyclic amines) is 1. The molecule has 0 saturated carbocycles. The predicted molar refractivity (Wildman–Crippen MR) is 121 cm³/mol. The van der Waals surface area contributed by atoms with E-state index in [-0.39, 0.29) is 0 Å². The lowest BCUT2D eigenvalue weighted by atomic mass is 10.1. The first-order valence-corrected chi connectivity index (χ1v) is 10.6. The molecule has 0 aliphatic carbocycles. The smallest absolute Gasteiger partial charge is 0.111 e. The van der Waals surface area contributed by atoms with E-state index in [0.29, 0.717) is 5.92 Å². The summed E-state index contributed by atoms with van der Waals surface area (Å²) in [5.74, 6) is 1.56. The summed E-state index contributed by atoms with van der Waals surface area (Å²) in [6.45, 7) is 5.27. The average molecular weight is 395 g/mol. The fourth-order valence-corrected chi connectivity index (χ4v) is 4.31. The fraction of sp³-hybridized carbons (Fsp3) is 0.231. The largest absolute Gasteiger partial charge is 0.345 e. The zero-order valence-corrected chi connectivity index (χ0v) is 17.3. The van der Waals surface area contributed by atoms with Crippen LogP contribution < -0.4 is 0 Å². The molecule has 0 bridgehead atoms. The number of aromatic nitrogens is 3. The van der Waals surface area contributed by atoms with Gasteiger partial charge in [-0.3, -0.25) is 9.88 Å². The molecule has 2 aromatic carbocycles. The molecule has 3 heterocycles. The molecule has 4 aromatic rings. The van der Waals surface area contributed by atoms with Gasteiger partial charge in [0.05, 0.1) is 11.4 Å². The Morgan fingerprint density at radius 3 is 2.43 bits per heavy atom. The molecule has 1 saturated heterocycles. The Labute approximate surface area is 177 Å². The van der Waals surface area contributed by atoms with Gasteiger partial charge in [0, 0.05) is 42.0 Å². The van der Waals surface area contributed by atoms with E-state index in [0.717, 1.165) is 60.1 Å². The van der Waals surface area contributed by atoms with Gasteiger partial charge in [0.2, 0.25) is 0 Å². The Kier molecular flexibility index (Phi) is 5.16. The molecule has 5 rings (SSSR count). The molecule has 1 N–H and O–H groups in total. The maximum absolute atomic E-state index is 4.98. The zero-order valence-electron chi connectivity index (χ0n) is 17.3. The van der Waals surface area contributed by atoms with Crippen LogP contribution in [0.4, 0.5) is 0 Å². The molecule has 0 radical (unpaired) electrons. The van der Waals surface area contributed by atoms with E-state index >= 15 is 0 Å². The molecule has 1 atom stereocenters. The average Bonchev–Trinajstić information content (AvgIpc) is 3.42. The Bertz CT molecular complexity index is 1100. The normalized spacial score (nSPS) is 16.8. The molecular weight excluding hydrogens is 368 g/mol. The van der Waals surface area contributed by atoms with Crippen LogP contribution in [0.25, 0.3) is 22.5 Å². The second-order valence-corrected chi connectivity index (χ2v) is 8.10. The molecule has 1 fully saturated rings. The van der Waals surface area contributed by atoms with Gasteiger partial charge in [0.15, 0.2) is 0 Å². The molecule has 2 aromatic heterocycles. The molecule has 0 spiro atoms. The lowest BCUT2D eigenvalue weighted by molar-refractivity contribution is 0.326. The number of rotatable bonds is 5. The summed E-state index contributed by atoms with van der Waals surface area (Å²) in [4.78, 5) is 15.7. The molecule has 1 aliphatic rings. The van der Waals surface area contributed by atoms with Crippen molar-refractivity contribution in [3.05, 3.63) is 96.1 Å². The Hall–Kier alpha value is -3.24. The number of imidazole rings is 1. The highest BCUT2D eigenvalue weighted by molar-refractivity contribution is 5.66. The molecule has 1 aliphatic heterocycles. The monoisotopic (exact) mass is 394 g/mol. The number of pyridine rings is 1. The molecule has 150 valence electrons. The van der Waals surface area contributed by atoms with Crippen molar-refractivity contribution >= 4 is 0 Å². The Balaban J connectivity index is 1.30. The van der Waals surface area contributed by atoms with Crippen LogP contribution in [0.1, 0.15) is 29.4 Å². The highest BCUT2D eigenvalue weighted by Crippen LogP contribution is 2.30. The van der Waals surface area contributed by atoms with Gasteiger partial charge in [-0.2, -0.15) is 0 Å². The first-order chi connectivity index (χ1) is 14.8. The lowest BCUT2D eigenvalue weighted by Crippen LogP contribution is -2.19. The second-order valence-electron chi connectivity index (χ2n) is 8.10. The van der Waals surface area contributed by atoms with E-state index in [9.17, 15) is 0 Å². The van der Waals surface area contributed by atoms with Gasteiger partial charge in [-0.15, -0.1) is 0 Å². The number of H-pyrrole nitrogens is 1. The van der Waals surface area contributed by atoms with Crippen molar-refractivity contribution in [2.45, 2.75) is 25.8 Å². The minimum absolute atomic E-state index is 0.456. The molecule has 4 nitrogen and oxygen atoms in total. The van der Waals surface area contributed by atoms with Crippen LogP contribution in [0.3, 0.4) is 0 Å². The summed E-state index contributed by atoms with van der Waals surface area (Å²) in [6, 6.07) is 25.2. The standard InChI is InChI=1S/C26H26N4/c1-19-25(22-12-13-24(27-16-22)21-10-6-3-7-11-21)29-26(28-19)23-14-15-30(18-23)17-20-8-4-2-5-9-20/h2-13,16,23H,14-15,17-18H2,1H3,(H,28,29). The first-order valence-electron chi connectivity index (χ1n) is 10.6. The number of hydrogen-bond acceptors (Lipinski definition) is 3. The van der Waals surface area contributed by atoms with E-state index in [1.54, 1.807) is 0 Å². The minimum Gasteiger partial charge on any atom is -0.345 e. The lowest BCUT2D eigenvalue weighted by Gasteiger charge is -2.15. The van der Waals surface area contributed by atoms with E-state index in [1.165, 1.54) is 5.56 Å². The molecule has 0 amide bonds. The number of hydrogen-bond donors (Lipinski definition) is 1. The Morgan fingerprint density at radius 1 is 0.933 bits per heavy atom. The third-order valence-electron chi connectivity index (χ3n) is 5.92. The van der Waals surface area contributed by atoms with Crippen molar-refractivity contribution < 1.29 is 0 Å². The van der Waals surface area contributed by atoms with Gasteiger partial charge in [-0.05, 0) is 37.6 Å². The highest BCUT2D eigenvalue weighted by atomic mass is 15.2. The number of aryl methyl sites for hydroxylation is 1. The van der Waals surface area contributed by atoms with E-state index < -0.39 is 0 Å². The maximum atomic E-state index is 4.98. The van der Waals surface area contributed by atoms with Gasteiger partial charge in [0.1, 0.15) is 5.82 Å². The SMILES string of the molecule is Cc1[nH]c(C2CCN(Cc3ccccc3)C2)nc1-c1ccc(-c2ccccc2)nc1. The van der Waals surface area contributed by atoms with E-state index in [1.807, 2.05) is 24.4 Å². The summed E-state index contributed by atoms with van der Waals surface area (Å²) in [6.07, 6.45) is 3.08. The van der Waals surface area contributed by atoms with E-state index in [4.69, 9.17) is 4.98 Å². The highest BCUT2D eigenvalue weighted by Gasteiger charge is 2.27. The molecule has 4 heteroatoms. The van der Waals surface area contributed by atoms with Crippen molar-refractivity contribution in [3.63, 3.8) is 0 Å². The van der Waals surface area contributed by atoms with Crippen LogP contribution in [-0.2, 0) is 6.54 Å². The first kappa shape index (κ1) is 18.8. The topological polar surface area (TPSA) is 44.8 Å². The number of aromatic amines is 1. The summed E-state index contributed by atoms with van der Waals surface area (Å²) in [7, 11) is 0. The Morgan fingerprint density at radius 2 is 1.70 bits per heavy atom. The van der Waals surface area contributed by atoms with Crippen LogP contribution in [0, 0.1) is 6.92 Å². The summed E-state index contributed by atoms with van der Waals surface area (Å²) >= 11 is 0.